The predicted molar refractivity (Wildman–Crippen MR) is 94.8 cm³/mol. The van der Waals surface area contributed by atoms with E-state index in [1.807, 2.05) is 20.8 Å². The third-order valence-electron chi connectivity index (χ3n) is 3.82. The van der Waals surface area contributed by atoms with Crippen molar-refractivity contribution < 1.29 is 28.5 Å². The summed E-state index contributed by atoms with van der Waals surface area (Å²) in [6.07, 6.45) is 0.0202. The van der Waals surface area contributed by atoms with Gasteiger partial charge in [-0.15, -0.1) is 0 Å². The second kappa shape index (κ2) is 8.75. The fourth-order valence-electron chi connectivity index (χ4n) is 2.73. The van der Waals surface area contributed by atoms with Crippen molar-refractivity contribution in [2.75, 3.05) is 33.0 Å². The summed E-state index contributed by atoms with van der Waals surface area (Å²) in [6, 6.07) is 3.20. The van der Waals surface area contributed by atoms with Gasteiger partial charge in [0.15, 0.2) is 11.5 Å². The predicted octanol–water partition coefficient (Wildman–Crippen LogP) is 1.26. The van der Waals surface area contributed by atoms with Gasteiger partial charge in [-0.05, 0) is 32.9 Å². The van der Waals surface area contributed by atoms with Crippen molar-refractivity contribution in [3.63, 3.8) is 0 Å². The number of primary amides is 1. The third-order valence-corrected chi connectivity index (χ3v) is 3.82. The highest BCUT2D eigenvalue weighted by molar-refractivity contribution is 5.96. The Bertz CT molecular complexity index is 630. The molecular weight excluding hydrogens is 340 g/mol. The number of carbonyl (C=O) groups is 2. The monoisotopic (exact) mass is 366 g/mol. The quantitative estimate of drug-likeness (QED) is 0.645. The summed E-state index contributed by atoms with van der Waals surface area (Å²) in [5, 5.41) is 2.85. The first-order chi connectivity index (χ1) is 12.4. The van der Waals surface area contributed by atoms with Crippen LogP contribution in [0.5, 0.6) is 17.2 Å². The second-order valence-corrected chi connectivity index (χ2v) is 5.97. The Kier molecular flexibility index (Phi) is 6.68. The molecule has 1 aromatic rings. The van der Waals surface area contributed by atoms with Crippen LogP contribution in [0.2, 0.25) is 0 Å². The molecule has 26 heavy (non-hydrogen) atoms. The van der Waals surface area contributed by atoms with Crippen LogP contribution in [0.1, 0.15) is 37.6 Å². The van der Waals surface area contributed by atoms with E-state index in [1.54, 1.807) is 12.1 Å². The molecule has 1 fully saturated rings. The van der Waals surface area contributed by atoms with Crippen LogP contribution < -0.4 is 25.3 Å². The largest absolute Gasteiger partial charge is 0.490 e. The summed E-state index contributed by atoms with van der Waals surface area (Å²) in [5.74, 6) is 0.468. The summed E-state index contributed by atoms with van der Waals surface area (Å²) in [5.41, 5.74) is 4.86. The lowest BCUT2D eigenvalue weighted by Crippen LogP contribution is -2.63. The van der Waals surface area contributed by atoms with Gasteiger partial charge in [0.1, 0.15) is 0 Å². The number of nitrogens with two attached hydrogens (primary N) is 1. The van der Waals surface area contributed by atoms with Crippen LogP contribution in [0.4, 0.5) is 0 Å². The Morgan fingerprint density at radius 3 is 2.00 bits per heavy atom. The lowest BCUT2D eigenvalue weighted by atomic mass is 9.92. The maximum atomic E-state index is 12.7. The van der Waals surface area contributed by atoms with Gasteiger partial charge in [-0.2, -0.15) is 0 Å². The van der Waals surface area contributed by atoms with Gasteiger partial charge in [0.2, 0.25) is 11.7 Å². The van der Waals surface area contributed by atoms with E-state index in [9.17, 15) is 9.59 Å². The summed E-state index contributed by atoms with van der Waals surface area (Å²) in [7, 11) is 0. The summed E-state index contributed by atoms with van der Waals surface area (Å²) < 4.78 is 22.0. The number of ether oxygens (including phenoxy) is 4. The zero-order chi connectivity index (χ0) is 19.2. The lowest BCUT2D eigenvalue weighted by Gasteiger charge is -2.41. The molecule has 0 radical (unpaired) electrons. The first-order valence-electron chi connectivity index (χ1n) is 8.69. The average molecular weight is 366 g/mol. The molecule has 2 rings (SSSR count). The average Bonchev–Trinajstić information content (AvgIpc) is 2.55. The first-order valence-corrected chi connectivity index (χ1v) is 8.69. The van der Waals surface area contributed by atoms with E-state index in [0.29, 0.717) is 42.6 Å². The number of benzene rings is 1. The van der Waals surface area contributed by atoms with Gasteiger partial charge in [-0.1, -0.05) is 0 Å². The Hall–Kier alpha value is -2.48. The van der Waals surface area contributed by atoms with Gasteiger partial charge in [0, 0.05) is 5.56 Å². The van der Waals surface area contributed by atoms with E-state index in [1.165, 1.54) is 0 Å². The Balaban J connectivity index is 2.32. The number of carbonyl (C=O) groups excluding carboxylic acids is 2. The molecule has 0 aliphatic carbocycles. The number of nitrogens with one attached hydrogen (secondary N) is 1. The molecule has 8 heteroatoms. The van der Waals surface area contributed by atoms with E-state index in [-0.39, 0.29) is 25.5 Å². The molecule has 0 aromatic heterocycles. The number of hydrogen-bond acceptors (Lipinski definition) is 6. The highest BCUT2D eigenvalue weighted by Crippen LogP contribution is 2.39. The molecular formula is C18H26N2O6. The van der Waals surface area contributed by atoms with Crippen molar-refractivity contribution in [3.8, 4) is 17.2 Å². The fourth-order valence-corrected chi connectivity index (χ4v) is 2.73. The summed E-state index contributed by atoms with van der Waals surface area (Å²) in [6.45, 7) is 7.30. The van der Waals surface area contributed by atoms with E-state index >= 15 is 0 Å². The van der Waals surface area contributed by atoms with Crippen LogP contribution in [-0.4, -0.2) is 50.4 Å². The molecule has 0 atom stereocenters. The molecule has 3 N–H and O–H groups in total. The van der Waals surface area contributed by atoms with Crippen molar-refractivity contribution in [1.29, 1.82) is 0 Å². The minimum absolute atomic E-state index is 0.0202. The second-order valence-electron chi connectivity index (χ2n) is 5.97. The highest BCUT2D eigenvalue weighted by atomic mass is 16.5. The Morgan fingerprint density at radius 2 is 1.62 bits per heavy atom. The van der Waals surface area contributed by atoms with Crippen LogP contribution >= 0.6 is 0 Å². The SMILES string of the molecule is CCOc1cc(C(=O)NC2(CC(N)=O)COC2)cc(OCC)c1OCC. The highest BCUT2D eigenvalue weighted by Gasteiger charge is 2.41. The molecule has 0 spiro atoms. The molecule has 2 amide bonds. The maximum Gasteiger partial charge on any atom is 0.252 e. The topological polar surface area (TPSA) is 109 Å². The molecule has 1 aliphatic rings. The van der Waals surface area contributed by atoms with Gasteiger partial charge in [-0.3, -0.25) is 9.59 Å². The van der Waals surface area contributed by atoms with Crippen molar-refractivity contribution in [2.24, 2.45) is 5.73 Å². The molecule has 8 nitrogen and oxygen atoms in total. The first kappa shape index (κ1) is 19.8. The van der Waals surface area contributed by atoms with Gasteiger partial charge >= 0.3 is 0 Å². The van der Waals surface area contributed by atoms with Gasteiger partial charge in [0.05, 0.1) is 45.0 Å². The molecule has 1 saturated heterocycles. The number of hydrogen-bond donors (Lipinski definition) is 2. The van der Waals surface area contributed by atoms with Crippen LogP contribution in [0.25, 0.3) is 0 Å². The normalized spacial score (nSPS) is 14.9. The molecule has 1 aliphatic heterocycles. The summed E-state index contributed by atoms with van der Waals surface area (Å²) in [4.78, 5) is 24.0. The van der Waals surface area contributed by atoms with Crippen molar-refractivity contribution in [1.82, 2.24) is 5.32 Å². The van der Waals surface area contributed by atoms with Crippen molar-refractivity contribution in [3.05, 3.63) is 17.7 Å². The van der Waals surface area contributed by atoms with Gasteiger partial charge < -0.3 is 30.0 Å². The number of rotatable bonds is 10. The van der Waals surface area contributed by atoms with Gasteiger partial charge in [-0.25, -0.2) is 0 Å². The molecule has 144 valence electrons. The smallest absolute Gasteiger partial charge is 0.252 e. The molecule has 1 heterocycles. The third kappa shape index (κ3) is 4.57. The van der Waals surface area contributed by atoms with E-state index in [2.05, 4.69) is 5.32 Å². The van der Waals surface area contributed by atoms with E-state index in [4.69, 9.17) is 24.7 Å². The summed E-state index contributed by atoms with van der Waals surface area (Å²) >= 11 is 0. The van der Waals surface area contributed by atoms with Gasteiger partial charge in [0.25, 0.3) is 5.91 Å². The Labute approximate surface area is 152 Å². The zero-order valence-electron chi connectivity index (χ0n) is 15.4. The maximum absolute atomic E-state index is 12.7. The molecule has 1 aromatic carbocycles. The standard InChI is InChI=1S/C18H26N2O6/c1-4-24-13-7-12(8-14(25-5-2)16(13)26-6-3)17(22)20-18(9-15(19)21)10-23-11-18/h7-8H,4-6,9-11H2,1-3H3,(H2,19,21)(H,20,22). The minimum atomic E-state index is -0.765. The Morgan fingerprint density at radius 1 is 1.08 bits per heavy atom. The van der Waals surface area contributed by atoms with E-state index < -0.39 is 11.4 Å². The van der Waals surface area contributed by atoms with Crippen LogP contribution in [0, 0.1) is 0 Å². The molecule has 0 unspecified atom stereocenters. The lowest BCUT2D eigenvalue weighted by molar-refractivity contribution is -0.127. The molecule has 0 bridgehead atoms. The minimum Gasteiger partial charge on any atom is -0.490 e. The fraction of sp³-hybridized carbons (Fsp3) is 0.556. The number of amides is 2. The van der Waals surface area contributed by atoms with Crippen LogP contribution in [0.3, 0.4) is 0 Å². The zero-order valence-corrected chi connectivity index (χ0v) is 15.4. The van der Waals surface area contributed by atoms with Crippen LogP contribution in [0.15, 0.2) is 12.1 Å². The molecule has 0 saturated carbocycles. The van der Waals surface area contributed by atoms with Crippen molar-refractivity contribution in [2.45, 2.75) is 32.7 Å². The van der Waals surface area contributed by atoms with E-state index in [0.717, 1.165) is 0 Å². The van der Waals surface area contributed by atoms with Crippen molar-refractivity contribution >= 4 is 11.8 Å². The van der Waals surface area contributed by atoms with Crippen LogP contribution in [-0.2, 0) is 9.53 Å².